The van der Waals surface area contributed by atoms with E-state index in [9.17, 15) is 0 Å². The number of para-hydroxylation sites is 1. The Kier molecular flexibility index (Phi) is 5.15. The molecule has 0 amide bonds. The topological polar surface area (TPSA) is 30.5 Å². The first-order valence-electron chi connectivity index (χ1n) is 8.49. The van der Waals surface area contributed by atoms with Crippen molar-refractivity contribution in [1.29, 1.82) is 0 Å². The molecule has 1 aromatic carbocycles. The molecule has 1 fully saturated rings. The summed E-state index contributed by atoms with van der Waals surface area (Å²) in [4.78, 5) is 0. The van der Waals surface area contributed by atoms with Crippen molar-refractivity contribution >= 4 is 0 Å². The zero-order chi connectivity index (χ0) is 14.5. The third-order valence-corrected chi connectivity index (χ3v) is 4.50. The van der Waals surface area contributed by atoms with E-state index in [4.69, 9.17) is 9.47 Å². The molecule has 1 aromatic rings. The molecule has 0 spiro atoms. The lowest BCUT2D eigenvalue weighted by molar-refractivity contribution is -0.00878. The van der Waals surface area contributed by atoms with Crippen LogP contribution in [0.25, 0.3) is 0 Å². The lowest BCUT2D eigenvalue weighted by Gasteiger charge is -2.33. The van der Waals surface area contributed by atoms with Crippen LogP contribution in [0.3, 0.4) is 0 Å². The second-order valence-electron chi connectivity index (χ2n) is 6.12. The third-order valence-electron chi connectivity index (χ3n) is 4.50. The van der Waals surface area contributed by atoms with Gasteiger partial charge in [-0.3, -0.25) is 0 Å². The summed E-state index contributed by atoms with van der Waals surface area (Å²) in [7, 11) is 0. The van der Waals surface area contributed by atoms with Gasteiger partial charge in [0.05, 0.1) is 18.8 Å². The Morgan fingerprint density at radius 1 is 1.24 bits per heavy atom. The van der Waals surface area contributed by atoms with Gasteiger partial charge in [-0.25, -0.2) is 0 Å². The molecule has 0 aliphatic carbocycles. The van der Waals surface area contributed by atoms with E-state index in [2.05, 4.69) is 30.4 Å². The lowest BCUT2D eigenvalue weighted by atomic mass is 9.92. The standard InChI is InChI=1S/C18H27NO2/c1-2-11-19-17(16-10-3-4-12-20-16)15-9-5-7-14-8-6-13-21-18(14)15/h5,7,9,16-17,19H,2-4,6,8,10-13H2,1H3. The van der Waals surface area contributed by atoms with E-state index in [0.29, 0.717) is 0 Å². The number of aryl methyl sites for hydroxylation is 1. The normalized spacial score (nSPS) is 23.2. The Morgan fingerprint density at radius 3 is 3.00 bits per heavy atom. The molecule has 2 aliphatic rings. The van der Waals surface area contributed by atoms with E-state index >= 15 is 0 Å². The SMILES string of the molecule is CCCNC(c1cccc2c1OCCC2)C1CCCCO1. The second kappa shape index (κ2) is 7.28. The molecule has 2 heterocycles. The van der Waals surface area contributed by atoms with Gasteiger partial charge in [-0.15, -0.1) is 0 Å². The van der Waals surface area contributed by atoms with Crippen LogP contribution >= 0.6 is 0 Å². The Morgan fingerprint density at radius 2 is 2.19 bits per heavy atom. The summed E-state index contributed by atoms with van der Waals surface area (Å²) in [6.07, 6.45) is 7.29. The Bertz CT molecular complexity index is 455. The predicted molar refractivity (Wildman–Crippen MR) is 84.9 cm³/mol. The van der Waals surface area contributed by atoms with Crippen molar-refractivity contribution in [2.45, 2.75) is 57.6 Å². The van der Waals surface area contributed by atoms with E-state index in [1.165, 1.54) is 24.0 Å². The van der Waals surface area contributed by atoms with E-state index < -0.39 is 0 Å². The van der Waals surface area contributed by atoms with E-state index in [1.807, 2.05) is 0 Å². The van der Waals surface area contributed by atoms with Crippen LogP contribution < -0.4 is 10.1 Å². The summed E-state index contributed by atoms with van der Waals surface area (Å²) in [5.74, 6) is 1.12. The van der Waals surface area contributed by atoms with Gasteiger partial charge in [0.25, 0.3) is 0 Å². The minimum absolute atomic E-state index is 0.262. The molecule has 3 heteroatoms. The van der Waals surface area contributed by atoms with Crippen molar-refractivity contribution in [3.63, 3.8) is 0 Å². The fourth-order valence-corrected chi connectivity index (χ4v) is 3.43. The molecule has 2 unspecified atom stereocenters. The van der Waals surface area contributed by atoms with Crippen molar-refractivity contribution in [3.05, 3.63) is 29.3 Å². The smallest absolute Gasteiger partial charge is 0.127 e. The van der Waals surface area contributed by atoms with Crippen LogP contribution in [-0.4, -0.2) is 25.9 Å². The first-order chi connectivity index (χ1) is 10.4. The molecule has 0 aromatic heterocycles. The average Bonchev–Trinajstić information content (AvgIpc) is 2.56. The first kappa shape index (κ1) is 14.9. The maximum absolute atomic E-state index is 6.06. The number of fused-ring (bicyclic) bond motifs is 1. The molecule has 1 saturated heterocycles. The molecule has 2 atom stereocenters. The highest BCUT2D eigenvalue weighted by Gasteiger charge is 2.29. The van der Waals surface area contributed by atoms with Crippen molar-refractivity contribution < 1.29 is 9.47 Å². The molecule has 3 rings (SSSR count). The maximum atomic E-state index is 6.06. The molecule has 0 saturated carbocycles. The Hall–Kier alpha value is -1.06. The molecule has 0 bridgehead atoms. The summed E-state index contributed by atoms with van der Waals surface area (Å²) in [5, 5.41) is 3.70. The van der Waals surface area contributed by atoms with Crippen LogP contribution in [0, 0.1) is 0 Å². The quantitative estimate of drug-likeness (QED) is 0.898. The summed E-state index contributed by atoms with van der Waals surface area (Å²) < 4.78 is 12.1. The minimum Gasteiger partial charge on any atom is -0.493 e. The van der Waals surface area contributed by atoms with Crippen molar-refractivity contribution in [2.75, 3.05) is 19.8 Å². The zero-order valence-corrected chi connectivity index (χ0v) is 13.1. The summed E-state index contributed by atoms with van der Waals surface area (Å²) in [6, 6.07) is 6.86. The first-order valence-corrected chi connectivity index (χ1v) is 8.49. The van der Waals surface area contributed by atoms with Gasteiger partial charge < -0.3 is 14.8 Å². The molecular formula is C18H27NO2. The average molecular weight is 289 g/mol. The number of hydrogen-bond donors (Lipinski definition) is 1. The van der Waals surface area contributed by atoms with E-state index in [0.717, 1.165) is 51.2 Å². The highest BCUT2D eigenvalue weighted by atomic mass is 16.5. The third kappa shape index (κ3) is 3.41. The monoisotopic (exact) mass is 289 g/mol. The minimum atomic E-state index is 0.262. The highest BCUT2D eigenvalue weighted by Crippen LogP contribution is 2.36. The molecule has 2 aliphatic heterocycles. The van der Waals surface area contributed by atoms with Crippen LogP contribution in [0.1, 0.15) is 56.2 Å². The van der Waals surface area contributed by atoms with E-state index in [1.54, 1.807) is 0 Å². The fourth-order valence-electron chi connectivity index (χ4n) is 3.43. The number of ether oxygens (including phenoxy) is 2. The van der Waals surface area contributed by atoms with Gasteiger partial charge in [-0.1, -0.05) is 25.1 Å². The summed E-state index contributed by atoms with van der Waals surface area (Å²) >= 11 is 0. The number of rotatable bonds is 5. The van der Waals surface area contributed by atoms with Gasteiger partial charge in [-0.05, 0) is 50.6 Å². The predicted octanol–water partition coefficient (Wildman–Crippen LogP) is 3.62. The Labute approximate surface area is 128 Å². The van der Waals surface area contributed by atoms with Crippen LogP contribution in [0.2, 0.25) is 0 Å². The van der Waals surface area contributed by atoms with Crippen molar-refractivity contribution in [1.82, 2.24) is 5.32 Å². The largest absolute Gasteiger partial charge is 0.493 e. The molecular weight excluding hydrogens is 262 g/mol. The number of benzene rings is 1. The van der Waals surface area contributed by atoms with Gasteiger partial charge in [0.1, 0.15) is 5.75 Å². The van der Waals surface area contributed by atoms with Crippen molar-refractivity contribution in [2.24, 2.45) is 0 Å². The highest BCUT2D eigenvalue weighted by molar-refractivity contribution is 5.45. The number of nitrogens with one attached hydrogen (secondary N) is 1. The van der Waals surface area contributed by atoms with Crippen LogP contribution in [0.15, 0.2) is 18.2 Å². The molecule has 21 heavy (non-hydrogen) atoms. The van der Waals surface area contributed by atoms with E-state index in [-0.39, 0.29) is 12.1 Å². The molecule has 116 valence electrons. The lowest BCUT2D eigenvalue weighted by Crippen LogP contribution is -2.37. The van der Waals surface area contributed by atoms with Crippen molar-refractivity contribution in [3.8, 4) is 5.75 Å². The zero-order valence-electron chi connectivity index (χ0n) is 13.1. The number of hydrogen-bond acceptors (Lipinski definition) is 3. The van der Waals surface area contributed by atoms with Gasteiger partial charge in [0, 0.05) is 12.2 Å². The van der Waals surface area contributed by atoms with Gasteiger partial charge >= 0.3 is 0 Å². The summed E-state index contributed by atoms with van der Waals surface area (Å²) in [5.41, 5.74) is 2.66. The van der Waals surface area contributed by atoms with Gasteiger partial charge in [-0.2, -0.15) is 0 Å². The summed E-state index contributed by atoms with van der Waals surface area (Å²) in [6.45, 7) is 4.97. The fraction of sp³-hybridized carbons (Fsp3) is 0.667. The second-order valence-corrected chi connectivity index (χ2v) is 6.12. The van der Waals surface area contributed by atoms with Gasteiger partial charge in [0.2, 0.25) is 0 Å². The van der Waals surface area contributed by atoms with Crippen LogP contribution in [-0.2, 0) is 11.2 Å². The van der Waals surface area contributed by atoms with Crippen LogP contribution in [0.5, 0.6) is 5.75 Å². The molecule has 1 N–H and O–H groups in total. The molecule has 0 radical (unpaired) electrons. The van der Waals surface area contributed by atoms with Gasteiger partial charge in [0.15, 0.2) is 0 Å². The Balaban J connectivity index is 1.87. The van der Waals surface area contributed by atoms with Crippen LogP contribution in [0.4, 0.5) is 0 Å². The molecule has 3 nitrogen and oxygen atoms in total. The maximum Gasteiger partial charge on any atom is 0.127 e.